The van der Waals surface area contributed by atoms with E-state index in [1.54, 1.807) is 22.7 Å². The van der Waals surface area contributed by atoms with Crippen molar-refractivity contribution in [2.45, 2.75) is 26.3 Å². The number of aromatic nitrogens is 4. The lowest BCUT2D eigenvalue weighted by atomic mass is 10.2. The summed E-state index contributed by atoms with van der Waals surface area (Å²) in [4.78, 5) is 12.5. The summed E-state index contributed by atoms with van der Waals surface area (Å²) in [6.07, 6.45) is 3.34. The Bertz CT molecular complexity index is 887. The number of fused-ring (bicyclic) bond motifs is 1. The molecule has 114 valence electrons. The summed E-state index contributed by atoms with van der Waals surface area (Å²) < 4.78 is 17.2. The van der Waals surface area contributed by atoms with Crippen molar-refractivity contribution in [1.82, 2.24) is 19.2 Å². The maximum absolute atomic E-state index is 13.3. The van der Waals surface area contributed by atoms with Crippen molar-refractivity contribution in [1.29, 1.82) is 0 Å². The van der Waals surface area contributed by atoms with Gasteiger partial charge in [0.05, 0.1) is 6.54 Å². The third-order valence-corrected chi connectivity index (χ3v) is 3.93. The zero-order chi connectivity index (χ0) is 15.7. The van der Waals surface area contributed by atoms with Crippen molar-refractivity contribution in [2.75, 3.05) is 0 Å². The van der Waals surface area contributed by atoms with Gasteiger partial charge in [-0.2, -0.15) is 0 Å². The van der Waals surface area contributed by atoms with E-state index in [0.29, 0.717) is 10.2 Å². The van der Waals surface area contributed by atoms with E-state index in [9.17, 15) is 9.18 Å². The highest BCUT2D eigenvalue weighted by atomic mass is 79.9. The van der Waals surface area contributed by atoms with E-state index in [4.69, 9.17) is 0 Å². The number of aryl methyl sites for hydroxylation is 1. The number of halogens is 2. The minimum absolute atomic E-state index is 0.248. The third-order valence-electron chi connectivity index (χ3n) is 3.37. The molecule has 0 spiro atoms. The van der Waals surface area contributed by atoms with Crippen LogP contribution in [-0.4, -0.2) is 19.2 Å². The van der Waals surface area contributed by atoms with Crippen molar-refractivity contribution >= 4 is 21.6 Å². The number of rotatable bonds is 4. The minimum atomic E-state index is -0.321. The number of nitrogens with zero attached hydrogens (tertiary/aromatic N) is 4. The third kappa shape index (κ3) is 2.68. The van der Waals surface area contributed by atoms with Gasteiger partial charge in [0.15, 0.2) is 0 Å². The molecule has 5 nitrogen and oxygen atoms in total. The topological polar surface area (TPSA) is 52.2 Å². The van der Waals surface area contributed by atoms with Crippen LogP contribution in [0.1, 0.15) is 24.7 Å². The van der Waals surface area contributed by atoms with Crippen LogP contribution in [0.25, 0.3) is 5.65 Å². The van der Waals surface area contributed by atoms with Gasteiger partial charge in [-0.15, -0.1) is 10.2 Å². The summed E-state index contributed by atoms with van der Waals surface area (Å²) in [5, 5.41) is 8.07. The molecule has 3 aromatic rings. The smallest absolute Gasteiger partial charge is 0.296 e. The summed E-state index contributed by atoms with van der Waals surface area (Å²) in [6.45, 7) is 2.32. The summed E-state index contributed by atoms with van der Waals surface area (Å²) in [5.41, 5.74) is 0.739. The summed E-state index contributed by atoms with van der Waals surface area (Å²) in [6, 6.07) is 6.19. The summed E-state index contributed by atoms with van der Waals surface area (Å²) >= 11 is 3.46. The first kappa shape index (κ1) is 14.9. The molecule has 1 aromatic carbocycles. The Kier molecular flexibility index (Phi) is 4.06. The first-order valence-electron chi connectivity index (χ1n) is 6.97. The van der Waals surface area contributed by atoms with Crippen LogP contribution < -0.4 is 5.56 Å². The zero-order valence-electron chi connectivity index (χ0n) is 12.0. The van der Waals surface area contributed by atoms with E-state index in [2.05, 4.69) is 26.1 Å². The highest BCUT2D eigenvalue weighted by Crippen LogP contribution is 2.14. The Labute approximate surface area is 134 Å². The Hall–Kier alpha value is -2.02. The molecular weight excluding hydrogens is 351 g/mol. The molecule has 0 N–H and O–H groups in total. The Morgan fingerprint density at radius 2 is 2.14 bits per heavy atom. The molecular formula is C15H14BrFN4O. The van der Waals surface area contributed by atoms with Gasteiger partial charge >= 0.3 is 0 Å². The van der Waals surface area contributed by atoms with Crippen molar-refractivity contribution in [3.63, 3.8) is 0 Å². The SMILES string of the molecule is CCCc1nnc2c(=O)n(Cc3cccc(F)c3)cc(Br)n12. The van der Waals surface area contributed by atoms with Gasteiger partial charge in [-0.3, -0.25) is 9.20 Å². The second-order valence-electron chi connectivity index (χ2n) is 5.04. The fourth-order valence-corrected chi connectivity index (χ4v) is 3.01. The number of hydrogen-bond acceptors (Lipinski definition) is 3. The van der Waals surface area contributed by atoms with Gasteiger partial charge in [-0.1, -0.05) is 19.1 Å². The second kappa shape index (κ2) is 6.00. The first-order valence-corrected chi connectivity index (χ1v) is 7.77. The van der Waals surface area contributed by atoms with Crippen LogP contribution in [0.15, 0.2) is 39.9 Å². The molecule has 0 fully saturated rings. The van der Waals surface area contributed by atoms with Crippen LogP contribution in [0.3, 0.4) is 0 Å². The van der Waals surface area contributed by atoms with Gasteiger partial charge < -0.3 is 4.57 Å². The summed E-state index contributed by atoms with van der Waals surface area (Å²) in [5.74, 6) is 0.429. The quantitative estimate of drug-likeness (QED) is 0.715. The molecule has 0 aliphatic carbocycles. The monoisotopic (exact) mass is 364 g/mol. The molecule has 22 heavy (non-hydrogen) atoms. The molecule has 0 unspecified atom stereocenters. The molecule has 3 rings (SSSR count). The molecule has 2 heterocycles. The van der Waals surface area contributed by atoms with E-state index in [1.165, 1.54) is 16.7 Å². The maximum Gasteiger partial charge on any atom is 0.296 e. The lowest BCUT2D eigenvalue weighted by Crippen LogP contribution is -2.23. The van der Waals surface area contributed by atoms with Crippen LogP contribution in [0.4, 0.5) is 4.39 Å². The molecule has 2 aromatic heterocycles. The predicted molar refractivity (Wildman–Crippen MR) is 84.4 cm³/mol. The zero-order valence-corrected chi connectivity index (χ0v) is 13.5. The largest absolute Gasteiger partial charge is 0.305 e. The van der Waals surface area contributed by atoms with Crippen molar-refractivity contribution in [3.8, 4) is 0 Å². The van der Waals surface area contributed by atoms with Crippen LogP contribution in [0.5, 0.6) is 0 Å². The van der Waals surface area contributed by atoms with Gasteiger partial charge in [-0.05, 0) is 40.0 Å². The molecule has 0 radical (unpaired) electrons. The highest BCUT2D eigenvalue weighted by molar-refractivity contribution is 9.10. The lowest BCUT2D eigenvalue weighted by Gasteiger charge is -2.09. The van der Waals surface area contributed by atoms with Crippen LogP contribution >= 0.6 is 15.9 Å². The van der Waals surface area contributed by atoms with E-state index >= 15 is 0 Å². The van der Waals surface area contributed by atoms with E-state index < -0.39 is 0 Å². The Balaban J connectivity index is 2.08. The highest BCUT2D eigenvalue weighted by Gasteiger charge is 2.14. The number of hydrogen-bond donors (Lipinski definition) is 0. The number of benzene rings is 1. The average Bonchev–Trinajstić information content (AvgIpc) is 2.89. The molecule has 0 amide bonds. The fourth-order valence-electron chi connectivity index (χ4n) is 2.39. The van der Waals surface area contributed by atoms with Crippen molar-refractivity contribution in [2.24, 2.45) is 0 Å². The van der Waals surface area contributed by atoms with Gasteiger partial charge in [0.2, 0.25) is 5.65 Å². The minimum Gasteiger partial charge on any atom is -0.305 e. The predicted octanol–water partition coefficient (Wildman–Crippen LogP) is 2.79. The normalized spacial score (nSPS) is 11.2. The maximum atomic E-state index is 13.3. The summed E-state index contributed by atoms with van der Waals surface area (Å²) in [7, 11) is 0. The molecule has 0 bridgehead atoms. The van der Waals surface area contributed by atoms with Crippen LogP contribution in [0.2, 0.25) is 0 Å². The molecule has 0 saturated carbocycles. The van der Waals surface area contributed by atoms with Gasteiger partial charge in [0.25, 0.3) is 5.56 Å². The Morgan fingerprint density at radius 3 is 2.86 bits per heavy atom. The van der Waals surface area contributed by atoms with E-state index in [-0.39, 0.29) is 23.6 Å². The van der Waals surface area contributed by atoms with Crippen molar-refractivity contribution < 1.29 is 4.39 Å². The first-order chi connectivity index (χ1) is 10.6. The van der Waals surface area contributed by atoms with Crippen molar-refractivity contribution in [3.05, 3.63) is 62.6 Å². The molecule has 0 aliphatic rings. The Morgan fingerprint density at radius 1 is 1.32 bits per heavy atom. The van der Waals surface area contributed by atoms with Crippen LogP contribution in [0, 0.1) is 5.82 Å². The van der Waals surface area contributed by atoms with Gasteiger partial charge in [0.1, 0.15) is 16.2 Å². The second-order valence-corrected chi connectivity index (χ2v) is 5.85. The molecule has 0 saturated heterocycles. The average molecular weight is 365 g/mol. The molecule has 7 heteroatoms. The van der Waals surface area contributed by atoms with Gasteiger partial charge in [-0.25, -0.2) is 4.39 Å². The van der Waals surface area contributed by atoms with Crippen LogP contribution in [-0.2, 0) is 13.0 Å². The lowest BCUT2D eigenvalue weighted by molar-refractivity contribution is 0.622. The standard InChI is InChI=1S/C15H14BrFN4O/c1-2-4-13-18-19-14-15(22)20(9-12(16)21(13)14)8-10-5-3-6-11(17)7-10/h3,5-7,9H,2,4,8H2,1H3. The van der Waals surface area contributed by atoms with E-state index in [0.717, 1.165) is 18.7 Å². The fraction of sp³-hybridized carbons (Fsp3) is 0.267. The molecule has 0 atom stereocenters. The molecule has 0 aliphatic heterocycles. The van der Waals surface area contributed by atoms with Gasteiger partial charge in [0, 0.05) is 12.6 Å². The van der Waals surface area contributed by atoms with E-state index in [1.807, 2.05) is 6.92 Å².